The van der Waals surface area contributed by atoms with Crippen LogP contribution in [0.5, 0.6) is 0 Å². The van der Waals surface area contributed by atoms with Gasteiger partial charge in [0, 0.05) is 18.3 Å². The molecule has 0 unspecified atom stereocenters. The number of amides is 1. The zero-order chi connectivity index (χ0) is 9.84. The molecule has 0 spiro atoms. The summed E-state index contributed by atoms with van der Waals surface area (Å²) >= 11 is 1.80. The van der Waals surface area contributed by atoms with Crippen LogP contribution in [0.25, 0.3) is 0 Å². The van der Waals surface area contributed by atoms with E-state index in [9.17, 15) is 4.79 Å². The summed E-state index contributed by atoms with van der Waals surface area (Å²) in [5.41, 5.74) is 5.58. The van der Waals surface area contributed by atoms with Gasteiger partial charge in [-0.05, 0) is 26.0 Å². The van der Waals surface area contributed by atoms with Crippen molar-refractivity contribution in [2.24, 2.45) is 5.73 Å². The van der Waals surface area contributed by atoms with Gasteiger partial charge in [0.25, 0.3) is 0 Å². The fourth-order valence-corrected chi connectivity index (χ4v) is 2.48. The first-order chi connectivity index (χ1) is 6.16. The van der Waals surface area contributed by atoms with Crippen LogP contribution >= 0.6 is 11.8 Å². The van der Waals surface area contributed by atoms with Crippen LogP contribution in [-0.2, 0) is 4.79 Å². The van der Waals surface area contributed by atoms with Gasteiger partial charge in [-0.1, -0.05) is 0 Å². The van der Waals surface area contributed by atoms with Gasteiger partial charge in [0.2, 0.25) is 5.91 Å². The molecule has 2 N–H and O–H groups in total. The van der Waals surface area contributed by atoms with Crippen molar-refractivity contribution in [1.29, 1.82) is 0 Å². The third-order valence-electron chi connectivity index (χ3n) is 2.41. The van der Waals surface area contributed by atoms with E-state index in [2.05, 4.69) is 6.26 Å². The van der Waals surface area contributed by atoms with Gasteiger partial charge < -0.3 is 10.6 Å². The van der Waals surface area contributed by atoms with E-state index < -0.39 is 0 Å². The van der Waals surface area contributed by atoms with Crippen molar-refractivity contribution in [2.75, 3.05) is 18.6 Å². The predicted molar refractivity (Wildman–Crippen MR) is 56.8 cm³/mol. The maximum Gasteiger partial charge on any atom is 0.239 e. The van der Waals surface area contributed by atoms with Crippen LogP contribution < -0.4 is 5.73 Å². The molecular formula is C9H18N2OS. The molecule has 4 heteroatoms. The molecular weight excluding hydrogens is 184 g/mol. The predicted octanol–water partition coefficient (Wildman–Crippen LogP) is 0.688. The fourth-order valence-electron chi connectivity index (χ4n) is 1.75. The topological polar surface area (TPSA) is 46.3 Å². The van der Waals surface area contributed by atoms with E-state index in [0.29, 0.717) is 6.04 Å². The molecule has 0 aromatic rings. The van der Waals surface area contributed by atoms with Crippen LogP contribution in [0.3, 0.4) is 0 Å². The Kier molecular flexibility index (Phi) is 4.06. The molecule has 1 aliphatic rings. The molecule has 0 radical (unpaired) electrons. The van der Waals surface area contributed by atoms with E-state index in [1.807, 2.05) is 4.90 Å². The van der Waals surface area contributed by atoms with Crippen molar-refractivity contribution in [3.05, 3.63) is 0 Å². The molecule has 13 heavy (non-hydrogen) atoms. The summed E-state index contributed by atoms with van der Waals surface area (Å²) in [6, 6.07) is 0.0796. The highest BCUT2D eigenvalue weighted by Crippen LogP contribution is 2.20. The van der Waals surface area contributed by atoms with Crippen LogP contribution in [0.4, 0.5) is 0 Å². The smallest absolute Gasteiger partial charge is 0.239 e. The lowest BCUT2D eigenvalue weighted by Gasteiger charge is -2.25. The van der Waals surface area contributed by atoms with Gasteiger partial charge in [0.05, 0.1) is 6.04 Å². The highest BCUT2D eigenvalue weighted by Gasteiger charge is 2.29. The third-order valence-corrected chi connectivity index (χ3v) is 3.13. The minimum Gasteiger partial charge on any atom is -0.338 e. The van der Waals surface area contributed by atoms with Crippen LogP contribution in [0.15, 0.2) is 0 Å². The van der Waals surface area contributed by atoms with Crippen molar-refractivity contribution in [1.82, 2.24) is 4.90 Å². The molecule has 0 aromatic carbocycles. The van der Waals surface area contributed by atoms with Gasteiger partial charge in [0.1, 0.15) is 0 Å². The average Bonchev–Trinajstić information content (AvgIpc) is 2.52. The lowest BCUT2D eigenvalue weighted by Crippen LogP contribution is -2.45. The summed E-state index contributed by atoms with van der Waals surface area (Å²) < 4.78 is 0. The van der Waals surface area contributed by atoms with E-state index in [4.69, 9.17) is 5.73 Å². The number of carbonyl (C=O) groups excluding carboxylic acids is 1. The number of rotatable bonds is 3. The molecule has 0 aliphatic carbocycles. The minimum atomic E-state index is -0.345. The number of hydrogen-bond acceptors (Lipinski definition) is 3. The summed E-state index contributed by atoms with van der Waals surface area (Å²) in [7, 11) is 0. The monoisotopic (exact) mass is 202 g/mol. The third kappa shape index (κ3) is 2.61. The Morgan fingerprint density at radius 1 is 1.77 bits per heavy atom. The van der Waals surface area contributed by atoms with Gasteiger partial charge in [-0.3, -0.25) is 4.79 Å². The lowest BCUT2D eigenvalue weighted by atomic mass is 10.2. The standard InChI is InChI=1S/C9H18N2OS/c1-7(10)9(12)11-5-3-4-8(11)6-13-2/h7-8H,3-6,10H2,1-2H3/t7-,8+/m1/s1. The van der Waals surface area contributed by atoms with Crippen LogP contribution in [-0.4, -0.2) is 41.4 Å². The molecule has 1 heterocycles. The summed E-state index contributed by atoms with van der Waals surface area (Å²) in [5, 5.41) is 0. The largest absolute Gasteiger partial charge is 0.338 e. The number of likely N-dealkylation sites (tertiary alicyclic amines) is 1. The van der Waals surface area contributed by atoms with E-state index in [1.165, 1.54) is 0 Å². The Morgan fingerprint density at radius 3 is 3.00 bits per heavy atom. The van der Waals surface area contributed by atoms with Crippen molar-refractivity contribution in [3.8, 4) is 0 Å². The van der Waals surface area contributed by atoms with Crippen LogP contribution in [0, 0.1) is 0 Å². The first-order valence-corrected chi connectivity index (χ1v) is 6.11. The Hall–Kier alpha value is -0.220. The normalized spacial score (nSPS) is 24.8. The van der Waals surface area contributed by atoms with E-state index in [0.717, 1.165) is 25.1 Å². The Labute approximate surface area is 84.0 Å². The second-order valence-corrected chi connectivity index (χ2v) is 4.48. The molecule has 1 amide bonds. The molecule has 1 fully saturated rings. The molecule has 2 atom stereocenters. The van der Waals surface area contributed by atoms with Gasteiger partial charge in [-0.2, -0.15) is 11.8 Å². The second-order valence-electron chi connectivity index (χ2n) is 3.57. The molecule has 3 nitrogen and oxygen atoms in total. The highest BCUT2D eigenvalue weighted by atomic mass is 32.2. The van der Waals surface area contributed by atoms with Crippen molar-refractivity contribution < 1.29 is 4.79 Å². The number of thioether (sulfide) groups is 1. The summed E-state index contributed by atoms with van der Waals surface area (Å²) in [6.45, 7) is 2.66. The van der Waals surface area contributed by atoms with Crippen molar-refractivity contribution in [3.63, 3.8) is 0 Å². The van der Waals surface area contributed by atoms with E-state index in [1.54, 1.807) is 18.7 Å². The van der Waals surface area contributed by atoms with E-state index in [-0.39, 0.29) is 11.9 Å². The highest BCUT2D eigenvalue weighted by molar-refractivity contribution is 7.98. The molecule has 1 aliphatic heterocycles. The molecule has 0 aromatic heterocycles. The van der Waals surface area contributed by atoms with E-state index >= 15 is 0 Å². The number of nitrogens with two attached hydrogens (primary N) is 1. The Morgan fingerprint density at radius 2 is 2.46 bits per heavy atom. The zero-order valence-electron chi connectivity index (χ0n) is 8.32. The Bertz CT molecular complexity index is 184. The van der Waals surface area contributed by atoms with Gasteiger partial charge in [-0.25, -0.2) is 0 Å². The molecule has 1 saturated heterocycles. The maximum atomic E-state index is 11.6. The minimum absolute atomic E-state index is 0.108. The fraction of sp³-hybridized carbons (Fsp3) is 0.889. The van der Waals surface area contributed by atoms with Crippen molar-refractivity contribution in [2.45, 2.75) is 31.8 Å². The average molecular weight is 202 g/mol. The number of carbonyl (C=O) groups is 1. The molecule has 76 valence electrons. The van der Waals surface area contributed by atoms with Crippen molar-refractivity contribution >= 4 is 17.7 Å². The summed E-state index contributed by atoms with van der Waals surface area (Å²) in [6.07, 6.45) is 4.34. The quantitative estimate of drug-likeness (QED) is 0.732. The second kappa shape index (κ2) is 4.86. The first kappa shape index (κ1) is 10.9. The number of hydrogen-bond donors (Lipinski definition) is 1. The van der Waals surface area contributed by atoms with Gasteiger partial charge in [-0.15, -0.1) is 0 Å². The van der Waals surface area contributed by atoms with Gasteiger partial charge >= 0.3 is 0 Å². The Balaban J connectivity index is 2.52. The molecule has 1 rings (SSSR count). The van der Waals surface area contributed by atoms with Gasteiger partial charge in [0.15, 0.2) is 0 Å². The summed E-state index contributed by atoms with van der Waals surface area (Å²) in [4.78, 5) is 13.6. The molecule has 0 saturated carbocycles. The lowest BCUT2D eigenvalue weighted by molar-refractivity contribution is -0.132. The number of nitrogens with zero attached hydrogens (tertiary/aromatic N) is 1. The molecule has 0 bridgehead atoms. The summed E-state index contributed by atoms with van der Waals surface area (Å²) in [5.74, 6) is 1.15. The maximum absolute atomic E-state index is 11.6. The van der Waals surface area contributed by atoms with Crippen LogP contribution in [0.1, 0.15) is 19.8 Å². The SMILES string of the molecule is CSC[C@@H]1CCCN1C(=O)[C@@H](C)N. The zero-order valence-corrected chi connectivity index (χ0v) is 9.14. The first-order valence-electron chi connectivity index (χ1n) is 4.71. The van der Waals surface area contributed by atoms with Crippen LogP contribution in [0.2, 0.25) is 0 Å².